The van der Waals surface area contributed by atoms with Crippen LogP contribution >= 0.6 is 0 Å². The van der Waals surface area contributed by atoms with Crippen LogP contribution in [0, 0.1) is 0 Å². The van der Waals surface area contributed by atoms with E-state index in [1.165, 1.54) is 6.20 Å². The first-order valence-electron chi connectivity index (χ1n) is 9.18. The van der Waals surface area contributed by atoms with Gasteiger partial charge in [0.1, 0.15) is 11.5 Å². The highest BCUT2D eigenvalue weighted by Gasteiger charge is 2.20. The van der Waals surface area contributed by atoms with E-state index in [1.807, 2.05) is 29.2 Å². The Morgan fingerprint density at radius 1 is 1.04 bits per heavy atom. The molecule has 1 aromatic heterocycles. The molecule has 27 heavy (non-hydrogen) atoms. The Hall–Kier alpha value is -2.96. The Balaban J connectivity index is 1.65. The molecule has 142 valence electrons. The van der Waals surface area contributed by atoms with Crippen LogP contribution in [0.4, 0.5) is 11.5 Å². The molecule has 7 heteroatoms. The quantitative estimate of drug-likeness (QED) is 0.898. The number of carbonyl (C=O) groups excluding carboxylic acids is 2. The van der Waals surface area contributed by atoms with E-state index in [2.05, 4.69) is 34.0 Å². The molecule has 1 aliphatic heterocycles. The van der Waals surface area contributed by atoms with Crippen LogP contribution in [-0.4, -0.2) is 52.9 Å². The number of hydrogen-bond acceptors (Lipinski definition) is 5. The van der Waals surface area contributed by atoms with Gasteiger partial charge >= 0.3 is 0 Å². The van der Waals surface area contributed by atoms with Crippen molar-refractivity contribution in [2.45, 2.75) is 26.7 Å². The fourth-order valence-electron chi connectivity index (χ4n) is 3.15. The molecule has 7 nitrogen and oxygen atoms in total. The van der Waals surface area contributed by atoms with Crippen LogP contribution in [-0.2, 0) is 4.79 Å². The Labute approximate surface area is 159 Å². The molecule has 1 N–H and O–H groups in total. The lowest BCUT2D eigenvalue weighted by Crippen LogP contribution is -2.48. The van der Waals surface area contributed by atoms with Gasteiger partial charge in [-0.2, -0.15) is 0 Å². The minimum atomic E-state index is -0.274. The molecule has 3 rings (SSSR count). The third-order valence-corrected chi connectivity index (χ3v) is 4.75. The molecule has 2 aromatic rings. The molecule has 0 spiro atoms. The summed E-state index contributed by atoms with van der Waals surface area (Å²) < 4.78 is 0. The van der Waals surface area contributed by atoms with Crippen LogP contribution in [0.5, 0.6) is 0 Å². The number of rotatable bonds is 4. The normalized spacial score (nSPS) is 14.4. The van der Waals surface area contributed by atoms with Gasteiger partial charge in [-0.25, -0.2) is 9.97 Å². The summed E-state index contributed by atoms with van der Waals surface area (Å²) in [6.45, 7) is 8.52. The maximum absolute atomic E-state index is 12.5. The fraction of sp³-hybridized carbons (Fsp3) is 0.400. The molecule has 0 bridgehead atoms. The molecule has 1 aromatic carbocycles. The Morgan fingerprint density at radius 3 is 2.33 bits per heavy atom. The zero-order valence-electron chi connectivity index (χ0n) is 16.0. The number of benzene rings is 1. The van der Waals surface area contributed by atoms with Crippen LogP contribution in [0.1, 0.15) is 42.7 Å². The molecule has 2 amide bonds. The summed E-state index contributed by atoms with van der Waals surface area (Å²) in [4.78, 5) is 36.5. The van der Waals surface area contributed by atoms with Gasteiger partial charge in [0.05, 0.1) is 12.4 Å². The van der Waals surface area contributed by atoms with E-state index < -0.39 is 0 Å². The summed E-state index contributed by atoms with van der Waals surface area (Å²) in [7, 11) is 0. The lowest BCUT2D eigenvalue weighted by atomic mass is 10.0. The summed E-state index contributed by atoms with van der Waals surface area (Å²) in [5, 5.41) is 2.93. The average molecular weight is 367 g/mol. The van der Waals surface area contributed by atoms with Crippen LogP contribution < -0.4 is 10.2 Å². The number of hydrogen-bond donors (Lipinski definition) is 1. The zero-order valence-corrected chi connectivity index (χ0v) is 16.0. The molecular weight excluding hydrogens is 342 g/mol. The van der Waals surface area contributed by atoms with E-state index in [4.69, 9.17) is 0 Å². The van der Waals surface area contributed by atoms with Crippen molar-refractivity contribution < 1.29 is 9.59 Å². The number of carbonyl (C=O) groups is 2. The predicted octanol–water partition coefficient (Wildman–Crippen LogP) is 2.52. The van der Waals surface area contributed by atoms with Gasteiger partial charge in [0.25, 0.3) is 5.91 Å². The Morgan fingerprint density at radius 2 is 1.74 bits per heavy atom. The first-order chi connectivity index (χ1) is 13.0. The second-order valence-electron chi connectivity index (χ2n) is 6.95. The van der Waals surface area contributed by atoms with Crippen LogP contribution in [0.2, 0.25) is 0 Å². The van der Waals surface area contributed by atoms with Gasteiger partial charge < -0.3 is 15.1 Å². The maximum Gasteiger partial charge on any atom is 0.275 e. The highest BCUT2D eigenvalue weighted by Crippen LogP contribution is 2.24. The summed E-state index contributed by atoms with van der Waals surface area (Å²) in [6.07, 6.45) is 3.12. The summed E-state index contributed by atoms with van der Waals surface area (Å²) in [5.41, 5.74) is 2.15. The number of anilines is 2. The third kappa shape index (κ3) is 4.42. The molecule has 1 fully saturated rings. The number of aromatic nitrogens is 2. The van der Waals surface area contributed by atoms with Crippen molar-refractivity contribution in [3.8, 4) is 0 Å². The number of nitrogens with zero attached hydrogens (tertiary/aromatic N) is 4. The van der Waals surface area contributed by atoms with Gasteiger partial charge in [0.2, 0.25) is 5.91 Å². The van der Waals surface area contributed by atoms with Gasteiger partial charge in [0.15, 0.2) is 0 Å². The Kier molecular flexibility index (Phi) is 5.69. The third-order valence-electron chi connectivity index (χ3n) is 4.75. The van der Waals surface area contributed by atoms with Crippen molar-refractivity contribution in [1.29, 1.82) is 0 Å². The van der Waals surface area contributed by atoms with Crippen LogP contribution in [0.15, 0.2) is 36.7 Å². The number of para-hydroxylation sites is 1. The van der Waals surface area contributed by atoms with Crippen molar-refractivity contribution in [1.82, 2.24) is 14.9 Å². The molecule has 0 atom stereocenters. The zero-order chi connectivity index (χ0) is 19.4. The second kappa shape index (κ2) is 8.16. The molecule has 1 saturated heterocycles. The topological polar surface area (TPSA) is 78.4 Å². The van der Waals surface area contributed by atoms with E-state index in [1.54, 1.807) is 13.1 Å². The monoisotopic (exact) mass is 367 g/mol. The number of nitrogens with one attached hydrogen (secondary N) is 1. The predicted molar refractivity (Wildman–Crippen MR) is 105 cm³/mol. The van der Waals surface area contributed by atoms with Crippen molar-refractivity contribution in [3.05, 3.63) is 47.9 Å². The van der Waals surface area contributed by atoms with Crippen molar-refractivity contribution in [3.63, 3.8) is 0 Å². The van der Waals surface area contributed by atoms with Crippen molar-refractivity contribution >= 4 is 23.3 Å². The standard InChI is InChI=1S/C20H25N5O2/c1-14(2)16-6-4-5-7-17(16)23-20(27)18-12-22-19(13-21-18)25-10-8-24(9-11-25)15(3)26/h4-7,12-14H,8-11H2,1-3H3,(H,23,27). The van der Waals surface area contributed by atoms with Gasteiger partial charge in [0, 0.05) is 38.8 Å². The van der Waals surface area contributed by atoms with E-state index in [-0.39, 0.29) is 17.5 Å². The molecule has 1 aliphatic rings. The lowest BCUT2D eigenvalue weighted by Gasteiger charge is -2.34. The van der Waals surface area contributed by atoms with E-state index in [0.717, 1.165) is 17.1 Å². The second-order valence-corrected chi connectivity index (χ2v) is 6.95. The van der Waals surface area contributed by atoms with E-state index in [9.17, 15) is 9.59 Å². The minimum Gasteiger partial charge on any atom is -0.352 e. The largest absolute Gasteiger partial charge is 0.352 e. The van der Waals surface area contributed by atoms with Crippen molar-refractivity contribution in [2.24, 2.45) is 0 Å². The first kappa shape index (κ1) is 18.8. The highest BCUT2D eigenvalue weighted by atomic mass is 16.2. The van der Waals surface area contributed by atoms with Crippen LogP contribution in [0.3, 0.4) is 0 Å². The molecule has 0 unspecified atom stereocenters. The molecule has 0 aliphatic carbocycles. The summed E-state index contributed by atoms with van der Waals surface area (Å²) in [6, 6.07) is 7.77. The SMILES string of the molecule is CC(=O)N1CCN(c2cnc(C(=O)Nc3ccccc3C(C)C)cn2)CC1. The van der Waals surface area contributed by atoms with Gasteiger partial charge in [-0.05, 0) is 17.5 Å². The molecule has 0 saturated carbocycles. The van der Waals surface area contributed by atoms with Crippen LogP contribution in [0.25, 0.3) is 0 Å². The highest BCUT2D eigenvalue weighted by molar-refractivity contribution is 6.03. The van der Waals surface area contributed by atoms with E-state index in [0.29, 0.717) is 32.1 Å². The average Bonchev–Trinajstić information content (AvgIpc) is 2.68. The maximum atomic E-state index is 12.5. The number of amides is 2. The summed E-state index contributed by atoms with van der Waals surface area (Å²) >= 11 is 0. The molecule has 0 radical (unpaired) electrons. The Bertz CT molecular complexity index is 811. The smallest absolute Gasteiger partial charge is 0.275 e. The summed E-state index contributed by atoms with van der Waals surface area (Å²) in [5.74, 6) is 0.846. The van der Waals surface area contributed by atoms with Gasteiger partial charge in [-0.3, -0.25) is 9.59 Å². The number of piperazine rings is 1. The van der Waals surface area contributed by atoms with E-state index >= 15 is 0 Å². The first-order valence-corrected chi connectivity index (χ1v) is 9.18. The fourth-order valence-corrected chi connectivity index (χ4v) is 3.15. The minimum absolute atomic E-state index is 0.0921. The van der Waals surface area contributed by atoms with Crippen molar-refractivity contribution in [2.75, 3.05) is 36.4 Å². The van der Waals surface area contributed by atoms with Gasteiger partial charge in [-0.15, -0.1) is 0 Å². The molecular formula is C20H25N5O2. The molecule has 2 heterocycles. The van der Waals surface area contributed by atoms with Gasteiger partial charge in [-0.1, -0.05) is 32.0 Å². The lowest BCUT2D eigenvalue weighted by molar-refractivity contribution is -0.129.